The van der Waals surface area contributed by atoms with Crippen LogP contribution in [0.15, 0.2) is 34.9 Å². The van der Waals surface area contributed by atoms with Crippen LogP contribution in [0.4, 0.5) is 0 Å². The van der Waals surface area contributed by atoms with Gasteiger partial charge in [0, 0.05) is 10.9 Å². The first kappa shape index (κ1) is 12.7. The lowest BCUT2D eigenvalue weighted by Gasteiger charge is -2.52. The van der Waals surface area contributed by atoms with E-state index in [2.05, 4.69) is 26.0 Å². The Kier molecular flexibility index (Phi) is 2.91. The molecule has 1 saturated heterocycles. The minimum absolute atomic E-state index is 0.0268. The summed E-state index contributed by atoms with van der Waals surface area (Å²) in [6, 6.07) is 8.21. The van der Waals surface area contributed by atoms with Crippen molar-refractivity contribution in [3.8, 4) is 0 Å². The number of para-hydroxylation sites is 1. The third-order valence-electron chi connectivity index (χ3n) is 4.76. The summed E-state index contributed by atoms with van der Waals surface area (Å²) < 4.78 is 11.3. The van der Waals surface area contributed by atoms with Crippen LogP contribution in [0.3, 0.4) is 0 Å². The lowest BCUT2D eigenvalue weighted by Crippen LogP contribution is -2.57. The molecule has 102 valence electrons. The number of hydrogen-bond acceptors (Lipinski definition) is 3. The van der Waals surface area contributed by atoms with Crippen molar-refractivity contribution in [2.75, 3.05) is 19.8 Å². The SMILES string of the molecule is CC(C)(CCN)C1(c2coc3ccccc23)COC1. The standard InChI is InChI=1S/C16H21NO2/c1-15(2,7-8-17)16(10-18-11-16)13-9-19-14-6-4-3-5-12(13)14/h3-6,9H,7-8,10-11,17H2,1-2H3. The maximum absolute atomic E-state index is 5.79. The van der Waals surface area contributed by atoms with Crippen LogP contribution in [0, 0.1) is 5.41 Å². The third-order valence-corrected chi connectivity index (χ3v) is 4.76. The molecule has 0 radical (unpaired) electrons. The summed E-state index contributed by atoms with van der Waals surface area (Å²) in [5.41, 5.74) is 8.14. The number of furan rings is 1. The average Bonchev–Trinajstić information content (AvgIpc) is 2.72. The molecule has 3 rings (SSSR count). The molecule has 0 aliphatic carbocycles. The maximum Gasteiger partial charge on any atom is 0.134 e. The molecule has 3 nitrogen and oxygen atoms in total. The van der Waals surface area contributed by atoms with E-state index in [-0.39, 0.29) is 10.8 Å². The number of benzene rings is 1. The summed E-state index contributed by atoms with van der Waals surface area (Å²) in [6.45, 7) is 6.77. The third kappa shape index (κ3) is 1.72. The lowest BCUT2D eigenvalue weighted by atomic mass is 9.59. The summed E-state index contributed by atoms with van der Waals surface area (Å²) in [5.74, 6) is 0. The van der Waals surface area contributed by atoms with Gasteiger partial charge < -0.3 is 14.9 Å². The van der Waals surface area contributed by atoms with E-state index in [1.165, 1.54) is 10.9 Å². The molecule has 0 saturated carbocycles. The fourth-order valence-electron chi connectivity index (χ4n) is 3.17. The molecule has 3 heteroatoms. The van der Waals surface area contributed by atoms with E-state index in [4.69, 9.17) is 14.9 Å². The van der Waals surface area contributed by atoms with E-state index in [0.29, 0.717) is 6.54 Å². The highest BCUT2D eigenvalue weighted by Gasteiger charge is 2.52. The number of fused-ring (bicyclic) bond motifs is 1. The summed E-state index contributed by atoms with van der Waals surface area (Å²) in [7, 11) is 0. The van der Waals surface area contributed by atoms with Crippen LogP contribution in [-0.2, 0) is 10.2 Å². The topological polar surface area (TPSA) is 48.4 Å². The van der Waals surface area contributed by atoms with Gasteiger partial charge in [-0.15, -0.1) is 0 Å². The molecule has 1 aliphatic heterocycles. The molecular formula is C16H21NO2. The summed E-state index contributed by atoms with van der Waals surface area (Å²) in [4.78, 5) is 0. The van der Waals surface area contributed by atoms with Crippen molar-refractivity contribution >= 4 is 11.0 Å². The Morgan fingerprint density at radius 1 is 1.26 bits per heavy atom. The van der Waals surface area contributed by atoms with Crippen LogP contribution in [0.5, 0.6) is 0 Å². The van der Waals surface area contributed by atoms with E-state index in [9.17, 15) is 0 Å². The highest BCUT2D eigenvalue weighted by molar-refractivity contribution is 5.82. The van der Waals surface area contributed by atoms with Crippen LogP contribution >= 0.6 is 0 Å². The van der Waals surface area contributed by atoms with Crippen molar-refractivity contribution < 1.29 is 9.15 Å². The molecule has 0 bridgehead atoms. The zero-order valence-electron chi connectivity index (χ0n) is 11.6. The number of hydrogen-bond donors (Lipinski definition) is 1. The maximum atomic E-state index is 5.79. The molecule has 1 fully saturated rings. The van der Waals surface area contributed by atoms with Gasteiger partial charge in [0.25, 0.3) is 0 Å². The van der Waals surface area contributed by atoms with Crippen molar-refractivity contribution in [3.63, 3.8) is 0 Å². The van der Waals surface area contributed by atoms with Gasteiger partial charge in [-0.25, -0.2) is 0 Å². The largest absolute Gasteiger partial charge is 0.464 e. The average molecular weight is 259 g/mol. The van der Waals surface area contributed by atoms with Gasteiger partial charge in [0.2, 0.25) is 0 Å². The second-order valence-corrected chi connectivity index (χ2v) is 6.14. The van der Waals surface area contributed by atoms with E-state index in [0.717, 1.165) is 25.2 Å². The van der Waals surface area contributed by atoms with E-state index in [1.54, 1.807) is 0 Å². The highest BCUT2D eigenvalue weighted by atomic mass is 16.5. The molecule has 19 heavy (non-hydrogen) atoms. The zero-order chi connectivity index (χ0) is 13.5. The molecule has 0 unspecified atom stereocenters. The fraction of sp³-hybridized carbons (Fsp3) is 0.500. The minimum Gasteiger partial charge on any atom is -0.464 e. The molecule has 0 spiro atoms. The molecular weight excluding hydrogens is 238 g/mol. The Morgan fingerprint density at radius 2 is 2.00 bits per heavy atom. The predicted octanol–water partition coefficient (Wildman–Crippen LogP) is 3.08. The fourth-order valence-corrected chi connectivity index (χ4v) is 3.17. The van der Waals surface area contributed by atoms with E-state index in [1.807, 2.05) is 18.4 Å². The second-order valence-electron chi connectivity index (χ2n) is 6.14. The molecule has 2 heterocycles. The smallest absolute Gasteiger partial charge is 0.134 e. The first-order chi connectivity index (χ1) is 9.11. The van der Waals surface area contributed by atoms with Crippen LogP contribution in [-0.4, -0.2) is 19.8 Å². The second kappa shape index (κ2) is 4.36. The first-order valence-corrected chi connectivity index (χ1v) is 6.85. The van der Waals surface area contributed by atoms with Gasteiger partial charge in [-0.1, -0.05) is 32.0 Å². The molecule has 1 aromatic heterocycles. The molecule has 2 N–H and O–H groups in total. The van der Waals surface area contributed by atoms with Crippen LogP contribution in [0.25, 0.3) is 11.0 Å². The Bertz CT molecular complexity index is 581. The van der Waals surface area contributed by atoms with Crippen LogP contribution < -0.4 is 5.73 Å². The van der Waals surface area contributed by atoms with Crippen molar-refractivity contribution in [1.29, 1.82) is 0 Å². The highest BCUT2D eigenvalue weighted by Crippen LogP contribution is 2.51. The first-order valence-electron chi connectivity index (χ1n) is 6.85. The zero-order valence-corrected chi connectivity index (χ0v) is 11.6. The number of ether oxygens (including phenoxy) is 1. The van der Waals surface area contributed by atoms with Crippen molar-refractivity contribution in [3.05, 3.63) is 36.1 Å². The van der Waals surface area contributed by atoms with Gasteiger partial charge in [0.1, 0.15) is 5.58 Å². The van der Waals surface area contributed by atoms with Crippen LogP contribution in [0.1, 0.15) is 25.8 Å². The summed E-state index contributed by atoms with van der Waals surface area (Å²) in [6.07, 6.45) is 2.89. The Balaban J connectivity index is 2.12. The Hall–Kier alpha value is -1.32. The normalized spacial score (nSPS) is 18.5. The van der Waals surface area contributed by atoms with Crippen LogP contribution in [0.2, 0.25) is 0 Å². The molecule has 1 aromatic carbocycles. The lowest BCUT2D eigenvalue weighted by molar-refractivity contribution is -0.120. The van der Waals surface area contributed by atoms with E-state index >= 15 is 0 Å². The molecule has 0 amide bonds. The molecule has 0 atom stereocenters. The quantitative estimate of drug-likeness (QED) is 0.918. The number of nitrogens with two attached hydrogens (primary N) is 1. The van der Waals surface area contributed by atoms with Crippen molar-refractivity contribution in [1.82, 2.24) is 0 Å². The predicted molar refractivity (Wildman–Crippen MR) is 76.2 cm³/mol. The van der Waals surface area contributed by atoms with Gasteiger partial charge >= 0.3 is 0 Å². The van der Waals surface area contributed by atoms with Gasteiger partial charge in [0.15, 0.2) is 0 Å². The summed E-state index contributed by atoms with van der Waals surface area (Å²) in [5, 5.41) is 1.20. The Labute approximate surface area is 113 Å². The van der Waals surface area contributed by atoms with Gasteiger partial charge in [-0.2, -0.15) is 0 Å². The van der Waals surface area contributed by atoms with Crippen molar-refractivity contribution in [2.24, 2.45) is 11.1 Å². The molecule has 2 aromatic rings. The summed E-state index contributed by atoms with van der Waals surface area (Å²) >= 11 is 0. The minimum atomic E-state index is 0.0268. The van der Waals surface area contributed by atoms with Gasteiger partial charge in [-0.05, 0) is 24.4 Å². The van der Waals surface area contributed by atoms with E-state index < -0.39 is 0 Å². The Morgan fingerprint density at radius 3 is 2.63 bits per heavy atom. The monoisotopic (exact) mass is 259 g/mol. The van der Waals surface area contributed by atoms with Gasteiger partial charge in [-0.3, -0.25) is 0 Å². The number of rotatable bonds is 4. The van der Waals surface area contributed by atoms with Crippen molar-refractivity contribution in [2.45, 2.75) is 25.7 Å². The molecule has 1 aliphatic rings. The van der Waals surface area contributed by atoms with Gasteiger partial charge in [0.05, 0.1) is 24.9 Å².